The van der Waals surface area contributed by atoms with Crippen molar-refractivity contribution in [3.8, 4) is 44.5 Å². The Kier molecular flexibility index (Phi) is 8.43. The lowest BCUT2D eigenvalue weighted by molar-refractivity contribution is -0.115. The summed E-state index contributed by atoms with van der Waals surface area (Å²) >= 11 is 0. The first kappa shape index (κ1) is 28.4. The minimum absolute atomic E-state index is 0.208. The molecule has 0 saturated carbocycles. The van der Waals surface area contributed by atoms with E-state index in [9.17, 15) is 4.79 Å². The third-order valence-electron chi connectivity index (χ3n) is 7.76. The van der Waals surface area contributed by atoms with Gasteiger partial charge in [-0.1, -0.05) is 140 Å². The van der Waals surface area contributed by atoms with Gasteiger partial charge in [-0.2, -0.15) is 0 Å². The molecule has 0 atom stereocenters. The molecule has 6 aromatic rings. The predicted molar refractivity (Wildman–Crippen MR) is 185 cm³/mol. The fraction of sp³-hybridized carbons (Fsp3) is 0.0238. The molecule has 0 spiro atoms. The van der Waals surface area contributed by atoms with E-state index in [4.69, 9.17) is 0 Å². The van der Waals surface area contributed by atoms with Crippen LogP contribution in [0.3, 0.4) is 0 Å². The maximum Gasteiger partial charge on any atom is 0.248 e. The van der Waals surface area contributed by atoms with E-state index in [0.29, 0.717) is 5.70 Å². The molecule has 0 aliphatic carbocycles. The van der Waals surface area contributed by atoms with Crippen LogP contribution in [-0.2, 0) is 4.79 Å². The van der Waals surface area contributed by atoms with Crippen molar-refractivity contribution < 1.29 is 4.79 Å². The third kappa shape index (κ3) is 6.67. The first-order chi connectivity index (χ1) is 21.5. The molecule has 0 aliphatic rings. The molecular formula is C42H33NO. The molecule has 2 nitrogen and oxygen atoms in total. The van der Waals surface area contributed by atoms with Crippen LogP contribution in [0.4, 0.5) is 0 Å². The minimum Gasteiger partial charge on any atom is -0.322 e. The standard InChI is InChI=1S/C42H33NO/c1-30(34-17-9-21-38(26-34)40-23-11-19-36(28-40)32-13-5-3-6-14-32)25-42(44)43-31(2)35-18-10-22-39(27-35)41-24-12-20-37(29-41)33-15-7-4-8-16-33/h3-29H,2H2,1H3,(H,43,44)/b30-25+. The maximum atomic E-state index is 13.1. The summed E-state index contributed by atoms with van der Waals surface area (Å²) in [5.41, 5.74) is 12.4. The van der Waals surface area contributed by atoms with E-state index in [0.717, 1.165) is 44.5 Å². The van der Waals surface area contributed by atoms with E-state index >= 15 is 0 Å². The van der Waals surface area contributed by atoms with Crippen molar-refractivity contribution in [2.45, 2.75) is 6.92 Å². The van der Waals surface area contributed by atoms with Gasteiger partial charge in [0.25, 0.3) is 0 Å². The number of allylic oxidation sites excluding steroid dienone is 1. The average Bonchev–Trinajstić information content (AvgIpc) is 3.09. The first-order valence-electron chi connectivity index (χ1n) is 14.7. The van der Waals surface area contributed by atoms with Crippen molar-refractivity contribution in [1.82, 2.24) is 5.32 Å². The van der Waals surface area contributed by atoms with Crippen molar-refractivity contribution in [3.63, 3.8) is 0 Å². The second-order valence-corrected chi connectivity index (χ2v) is 10.9. The Morgan fingerprint density at radius 3 is 1.34 bits per heavy atom. The van der Waals surface area contributed by atoms with E-state index in [2.05, 4.69) is 121 Å². The predicted octanol–water partition coefficient (Wildman–Crippen LogP) is 10.5. The Labute approximate surface area is 259 Å². The smallest absolute Gasteiger partial charge is 0.248 e. The Morgan fingerprint density at radius 2 is 0.841 bits per heavy atom. The lowest BCUT2D eigenvalue weighted by atomic mass is 9.96. The molecule has 0 radical (unpaired) electrons. The van der Waals surface area contributed by atoms with Crippen molar-refractivity contribution in [2.24, 2.45) is 0 Å². The number of hydrogen-bond donors (Lipinski definition) is 1. The van der Waals surface area contributed by atoms with Crippen LogP contribution in [0.5, 0.6) is 0 Å². The first-order valence-corrected chi connectivity index (χ1v) is 14.7. The van der Waals surface area contributed by atoms with Gasteiger partial charge in [0.05, 0.1) is 0 Å². The molecule has 2 heteroatoms. The quantitative estimate of drug-likeness (QED) is 0.182. The van der Waals surface area contributed by atoms with E-state index in [1.807, 2.05) is 55.5 Å². The monoisotopic (exact) mass is 567 g/mol. The molecule has 0 aromatic heterocycles. The van der Waals surface area contributed by atoms with E-state index in [-0.39, 0.29) is 5.91 Å². The lowest BCUT2D eigenvalue weighted by Gasteiger charge is -2.11. The van der Waals surface area contributed by atoms with Gasteiger partial charge in [0, 0.05) is 11.8 Å². The van der Waals surface area contributed by atoms with Gasteiger partial charge in [-0.25, -0.2) is 0 Å². The van der Waals surface area contributed by atoms with Gasteiger partial charge in [0.2, 0.25) is 5.91 Å². The largest absolute Gasteiger partial charge is 0.322 e. The molecular weight excluding hydrogens is 534 g/mol. The number of carbonyl (C=O) groups excluding carboxylic acids is 1. The zero-order chi connectivity index (χ0) is 30.3. The van der Waals surface area contributed by atoms with E-state index in [1.54, 1.807) is 6.08 Å². The maximum absolute atomic E-state index is 13.1. The van der Waals surface area contributed by atoms with Crippen LogP contribution in [0.25, 0.3) is 55.8 Å². The zero-order valence-electron chi connectivity index (χ0n) is 24.7. The molecule has 0 fully saturated rings. The third-order valence-corrected chi connectivity index (χ3v) is 7.76. The van der Waals surface area contributed by atoms with Crippen LogP contribution in [0.2, 0.25) is 0 Å². The molecule has 0 aliphatic heterocycles. The summed E-state index contributed by atoms with van der Waals surface area (Å²) in [5, 5.41) is 2.97. The fourth-order valence-electron chi connectivity index (χ4n) is 5.39. The number of rotatable bonds is 8. The van der Waals surface area contributed by atoms with Crippen LogP contribution < -0.4 is 5.32 Å². The van der Waals surface area contributed by atoms with Crippen molar-refractivity contribution in [3.05, 3.63) is 182 Å². The molecule has 0 heterocycles. The number of hydrogen-bond acceptors (Lipinski definition) is 1. The number of amides is 1. The van der Waals surface area contributed by atoms with Crippen LogP contribution in [0.15, 0.2) is 170 Å². The molecule has 212 valence electrons. The van der Waals surface area contributed by atoms with Gasteiger partial charge in [-0.15, -0.1) is 0 Å². The van der Waals surface area contributed by atoms with E-state index in [1.165, 1.54) is 16.7 Å². The van der Waals surface area contributed by atoms with Gasteiger partial charge >= 0.3 is 0 Å². The van der Waals surface area contributed by atoms with Crippen LogP contribution in [-0.4, -0.2) is 5.91 Å². The number of carbonyl (C=O) groups is 1. The number of nitrogens with one attached hydrogen (secondary N) is 1. The molecule has 6 aromatic carbocycles. The summed E-state index contributed by atoms with van der Waals surface area (Å²) in [5.74, 6) is -0.208. The number of benzene rings is 6. The van der Waals surface area contributed by atoms with Crippen LogP contribution in [0.1, 0.15) is 18.1 Å². The second-order valence-electron chi connectivity index (χ2n) is 10.9. The molecule has 1 amide bonds. The fourth-order valence-corrected chi connectivity index (χ4v) is 5.39. The summed E-state index contributed by atoms with van der Waals surface area (Å²) in [4.78, 5) is 13.1. The molecule has 44 heavy (non-hydrogen) atoms. The van der Waals surface area contributed by atoms with Crippen LogP contribution >= 0.6 is 0 Å². The lowest BCUT2D eigenvalue weighted by Crippen LogP contribution is -2.19. The van der Waals surface area contributed by atoms with Gasteiger partial charge in [-0.05, 0) is 92.4 Å². The Balaban J connectivity index is 1.16. The summed E-state index contributed by atoms with van der Waals surface area (Å²) in [6.07, 6.45) is 1.64. The Hall–Kier alpha value is -5.73. The minimum atomic E-state index is -0.208. The summed E-state index contributed by atoms with van der Waals surface area (Å²) in [6.45, 7) is 6.13. The highest BCUT2D eigenvalue weighted by molar-refractivity contribution is 5.99. The average molecular weight is 568 g/mol. The van der Waals surface area contributed by atoms with Crippen molar-refractivity contribution in [1.29, 1.82) is 0 Å². The van der Waals surface area contributed by atoms with E-state index < -0.39 is 0 Å². The van der Waals surface area contributed by atoms with Crippen LogP contribution in [0, 0.1) is 0 Å². The summed E-state index contributed by atoms with van der Waals surface area (Å²) in [7, 11) is 0. The SMILES string of the molecule is C=C(NC(=O)/C=C(\C)c1cccc(-c2cccc(-c3ccccc3)c2)c1)c1cccc(-c2cccc(-c3ccccc3)c2)c1. The highest BCUT2D eigenvalue weighted by Gasteiger charge is 2.09. The molecule has 0 bridgehead atoms. The van der Waals surface area contributed by atoms with Gasteiger partial charge in [0.1, 0.15) is 0 Å². The molecule has 6 rings (SSSR count). The van der Waals surface area contributed by atoms with Gasteiger partial charge < -0.3 is 5.32 Å². The molecule has 1 N–H and O–H groups in total. The van der Waals surface area contributed by atoms with Gasteiger partial charge in [-0.3, -0.25) is 4.79 Å². The Morgan fingerprint density at radius 1 is 0.477 bits per heavy atom. The summed E-state index contributed by atoms with van der Waals surface area (Å²) in [6, 6.07) is 54.2. The van der Waals surface area contributed by atoms with Gasteiger partial charge in [0.15, 0.2) is 0 Å². The molecule has 0 unspecified atom stereocenters. The highest BCUT2D eigenvalue weighted by Crippen LogP contribution is 2.30. The Bertz CT molecular complexity index is 1970. The zero-order valence-corrected chi connectivity index (χ0v) is 24.7. The topological polar surface area (TPSA) is 29.1 Å². The normalized spacial score (nSPS) is 11.2. The second kappa shape index (κ2) is 13.1. The van der Waals surface area contributed by atoms with Crippen molar-refractivity contribution in [2.75, 3.05) is 0 Å². The molecule has 0 saturated heterocycles. The summed E-state index contributed by atoms with van der Waals surface area (Å²) < 4.78 is 0. The highest BCUT2D eigenvalue weighted by atomic mass is 16.1. The van der Waals surface area contributed by atoms with Crippen molar-refractivity contribution >= 4 is 17.2 Å².